The first kappa shape index (κ1) is 22.5. The maximum absolute atomic E-state index is 14.5. The van der Waals surface area contributed by atoms with Crippen LogP contribution in [0.3, 0.4) is 0 Å². The molecule has 0 spiro atoms. The molecule has 0 atom stereocenters. The highest BCUT2D eigenvalue weighted by Gasteiger charge is 2.17. The van der Waals surface area contributed by atoms with Crippen LogP contribution in [0.25, 0.3) is 55.8 Å². The van der Waals surface area contributed by atoms with Crippen molar-refractivity contribution in [2.45, 2.75) is 19.8 Å². The zero-order chi connectivity index (χ0) is 25.4. The molecule has 182 valence electrons. The van der Waals surface area contributed by atoms with Gasteiger partial charge in [0.25, 0.3) is 0 Å². The Labute approximate surface area is 211 Å². The van der Waals surface area contributed by atoms with E-state index in [-0.39, 0.29) is 11.7 Å². The van der Waals surface area contributed by atoms with Gasteiger partial charge in [-0.05, 0) is 30.7 Å². The second kappa shape index (κ2) is 9.27. The van der Waals surface area contributed by atoms with E-state index in [0.717, 1.165) is 28.5 Å². The fraction of sp³-hybridized carbons (Fsp3) is 0.107. The van der Waals surface area contributed by atoms with Crippen LogP contribution in [0.1, 0.15) is 19.8 Å². The molecule has 37 heavy (non-hydrogen) atoms. The maximum Gasteiger partial charge on any atom is 0.224 e. The van der Waals surface area contributed by atoms with E-state index in [4.69, 9.17) is 4.98 Å². The van der Waals surface area contributed by atoms with Crippen LogP contribution >= 0.6 is 0 Å². The van der Waals surface area contributed by atoms with Crippen molar-refractivity contribution in [2.24, 2.45) is 0 Å². The van der Waals surface area contributed by atoms with Crippen molar-refractivity contribution in [3.8, 4) is 33.8 Å². The van der Waals surface area contributed by atoms with Crippen LogP contribution < -0.4 is 5.32 Å². The van der Waals surface area contributed by atoms with Gasteiger partial charge in [0.2, 0.25) is 5.91 Å². The van der Waals surface area contributed by atoms with Gasteiger partial charge in [0.05, 0.1) is 28.3 Å². The number of nitrogens with zero attached hydrogens (tertiary/aromatic N) is 4. The molecule has 3 N–H and O–H groups in total. The number of hydrogen-bond acceptors (Lipinski definition) is 5. The Morgan fingerprint density at radius 2 is 1.84 bits per heavy atom. The number of nitrogens with one attached hydrogen (secondary N) is 3. The Kier molecular flexibility index (Phi) is 5.65. The molecule has 9 heteroatoms. The van der Waals surface area contributed by atoms with Crippen LogP contribution in [0.4, 0.5) is 10.1 Å². The largest absolute Gasteiger partial charge is 0.337 e. The lowest BCUT2D eigenvalue weighted by molar-refractivity contribution is -0.116. The third kappa shape index (κ3) is 4.20. The normalized spacial score (nSPS) is 11.3. The number of aromatic nitrogens is 6. The average Bonchev–Trinajstić information content (AvgIpc) is 3.53. The molecule has 8 nitrogen and oxygen atoms in total. The number of amides is 1. The van der Waals surface area contributed by atoms with Gasteiger partial charge in [0, 0.05) is 41.1 Å². The summed E-state index contributed by atoms with van der Waals surface area (Å²) in [7, 11) is 0. The minimum absolute atomic E-state index is 0.0493. The molecule has 0 radical (unpaired) electrons. The highest BCUT2D eigenvalue weighted by Crippen LogP contribution is 2.33. The number of benzene rings is 2. The van der Waals surface area contributed by atoms with Crippen molar-refractivity contribution < 1.29 is 9.18 Å². The minimum atomic E-state index is -0.305. The van der Waals surface area contributed by atoms with Crippen molar-refractivity contribution in [1.82, 2.24) is 30.1 Å². The van der Waals surface area contributed by atoms with Crippen molar-refractivity contribution in [3.05, 3.63) is 79.0 Å². The topological polar surface area (TPSA) is 112 Å². The van der Waals surface area contributed by atoms with E-state index in [0.29, 0.717) is 45.9 Å². The minimum Gasteiger partial charge on any atom is -0.337 e. The number of anilines is 1. The van der Waals surface area contributed by atoms with Gasteiger partial charge in [-0.2, -0.15) is 5.10 Å². The summed E-state index contributed by atoms with van der Waals surface area (Å²) in [6.45, 7) is 1.96. The van der Waals surface area contributed by atoms with Crippen LogP contribution in [0.15, 0.2) is 73.2 Å². The zero-order valence-corrected chi connectivity index (χ0v) is 19.9. The predicted octanol–water partition coefficient (Wildman–Crippen LogP) is 6.11. The molecule has 0 bridgehead atoms. The summed E-state index contributed by atoms with van der Waals surface area (Å²) in [5, 5.41) is 11.1. The van der Waals surface area contributed by atoms with Gasteiger partial charge in [-0.1, -0.05) is 37.3 Å². The molecule has 0 unspecified atom stereocenters. The summed E-state index contributed by atoms with van der Waals surface area (Å²) in [6, 6.07) is 16.1. The quantitative estimate of drug-likeness (QED) is 0.260. The number of carbonyl (C=O) groups excluding carboxylic acids is 1. The molecule has 0 fully saturated rings. The van der Waals surface area contributed by atoms with E-state index in [1.54, 1.807) is 36.8 Å². The number of pyridine rings is 2. The predicted molar refractivity (Wildman–Crippen MR) is 141 cm³/mol. The van der Waals surface area contributed by atoms with Gasteiger partial charge < -0.3 is 10.3 Å². The fourth-order valence-electron chi connectivity index (χ4n) is 4.40. The summed E-state index contributed by atoms with van der Waals surface area (Å²) in [5.41, 5.74) is 6.07. The van der Waals surface area contributed by atoms with E-state index >= 15 is 0 Å². The van der Waals surface area contributed by atoms with E-state index < -0.39 is 0 Å². The molecule has 6 aromatic rings. The third-order valence-electron chi connectivity index (χ3n) is 6.15. The number of carbonyl (C=O) groups is 1. The molecule has 0 aliphatic rings. The van der Waals surface area contributed by atoms with Crippen molar-refractivity contribution in [1.29, 1.82) is 0 Å². The zero-order valence-electron chi connectivity index (χ0n) is 19.9. The van der Waals surface area contributed by atoms with E-state index in [2.05, 4.69) is 30.5 Å². The third-order valence-corrected chi connectivity index (χ3v) is 6.15. The average molecular weight is 492 g/mol. The molecule has 0 aliphatic heterocycles. The van der Waals surface area contributed by atoms with Crippen molar-refractivity contribution in [3.63, 3.8) is 0 Å². The first-order valence-corrected chi connectivity index (χ1v) is 11.9. The lowest BCUT2D eigenvalue weighted by Crippen LogP contribution is -2.10. The number of aromatic amines is 2. The molecule has 0 aliphatic carbocycles. The number of H-pyrrole nitrogens is 2. The van der Waals surface area contributed by atoms with Gasteiger partial charge in [-0.3, -0.25) is 14.9 Å². The summed E-state index contributed by atoms with van der Waals surface area (Å²) in [6.07, 6.45) is 6.29. The first-order chi connectivity index (χ1) is 18.1. The summed E-state index contributed by atoms with van der Waals surface area (Å²) in [5.74, 6) is 0.190. The van der Waals surface area contributed by atoms with Gasteiger partial charge >= 0.3 is 0 Å². The smallest absolute Gasteiger partial charge is 0.224 e. The van der Waals surface area contributed by atoms with E-state index in [1.165, 1.54) is 6.07 Å². The Morgan fingerprint density at radius 3 is 2.70 bits per heavy atom. The van der Waals surface area contributed by atoms with Crippen LogP contribution in [0, 0.1) is 5.82 Å². The second-order valence-corrected chi connectivity index (χ2v) is 8.72. The molecule has 4 heterocycles. The molecular formula is C28H22FN7O. The fourth-order valence-corrected chi connectivity index (χ4v) is 4.40. The Hall–Kier alpha value is -4.92. The number of halogens is 1. The van der Waals surface area contributed by atoms with Crippen molar-refractivity contribution >= 4 is 33.7 Å². The lowest BCUT2D eigenvalue weighted by Gasteiger charge is -2.07. The molecular weight excluding hydrogens is 469 g/mol. The van der Waals surface area contributed by atoms with Crippen LogP contribution in [-0.4, -0.2) is 36.0 Å². The van der Waals surface area contributed by atoms with Crippen molar-refractivity contribution in [2.75, 3.05) is 5.32 Å². The number of fused-ring (bicyclic) bond motifs is 2. The highest BCUT2D eigenvalue weighted by molar-refractivity contribution is 5.97. The monoisotopic (exact) mass is 491 g/mol. The first-order valence-electron chi connectivity index (χ1n) is 11.9. The molecule has 1 amide bonds. The lowest BCUT2D eigenvalue weighted by atomic mass is 10.0. The Morgan fingerprint density at radius 1 is 1.00 bits per heavy atom. The van der Waals surface area contributed by atoms with Gasteiger partial charge in [0.1, 0.15) is 11.5 Å². The second-order valence-electron chi connectivity index (χ2n) is 8.72. The summed E-state index contributed by atoms with van der Waals surface area (Å²) >= 11 is 0. The number of rotatable bonds is 6. The molecule has 0 saturated heterocycles. The standard InChI is InChI=1S/C28H22FN7O/c1-2-6-24(37)32-18-11-16(13-30-15-18)17-12-21-26(35-36-27(21)31-14-17)28-33-23-10-5-8-20(25(23)34-28)19-7-3-4-9-22(19)29/h3-5,7-15H,2,6H2,1H3,(H,32,37)(H,33,34)(H,31,35,36). The SMILES string of the molecule is CCCC(=O)Nc1cncc(-c2cnc3[nH]nc(-c4nc5c(-c6ccccc6F)cccc5[nH]4)c3c2)c1. The van der Waals surface area contributed by atoms with E-state index in [9.17, 15) is 9.18 Å². The van der Waals surface area contributed by atoms with E-state index in [1.807, 2.05) is 37.3 Å². The maximum atomic E-state index is 14.5. The highest BCUT2D eigenvalue weighted by atomic mass is 19.1. The number of hydrogen-bond donors (Lipinski definition) is 3. The van der Waals surface area contributed by atoms with Gasteiger partial charge in [-0.25, -0.2) is 14.4 Å². The molecule has 2 aromatic carbocycles. The molecule has 4 aromatic heterocycles. The van der Waals surface area contributed by atoms with Crippen LogP contribution in [0.2, 0.25) is 0 Å². The molecule has 6 rings (SSSR count). The molecule has 0 saturated carbocycles. The number of para-hydroxylation sites is 1. The summed E-state index contributed by atoms with van der Waals surface area (Å²) < 4.78 is 14.5. The number of imidazole rings is 1. The van der Waals surface area contributed by atoms with Crippen LogP contribution in [0.5, 0.6) is 0 Å². The van der Waals surface area contributed by atoms with Gasteiger partial charge in [0.15, 0.2) is 11.5 Å². The Bertz CT molecular complexity index is 1770. The Balaban J connectivity index is 1.41. The van der Waals surface area contributed by atoms with Crippen LogP contribution in [-0.2, 0) is 4.79 Å². The summed E-state index contributed by atoms with van der Waals surface area (Å²) in [4.78, 5) is 28.9. The van der Waals surface area contributed by atoms with Gasteiger partial charge in [-0.15, -0.1) is 0 Å².